The van der Waals surface area contributed by atoms with Crippen LogP contribution in [0.1, 0.15) is 240 Å². The molecule has 0 aliphatic rings. The lowest BCUT2D eigenvalue weighted by Gasteiger charge is -2.12. The van der Waals surface area contributed by atoms with Crippen molar-refractivity contribution in [2.75, 3.05) is 44.2 Å². The fourth-order valence-electron chi connectivity index (χ4n) is 13.2. The zero-order chi connectivity index (χ0) is 98.3. The van der Waals surface area contributed by atoms with E-state index in [9.17, 15) is 19.2 Å². The van der Waals surface area contributed by atoms with Gasteiger partial charge >= 0.3 is 0 Å². The summed E-state index contributed by atoms with van der Waals surface area (Å²) in [5.41, 5.74) is 36.5. The van der Waals surface area contributed by atoms with Crippen molar-refractivity contribution in [3.63, 3.8) is 0 Å². The molecule has 0 aliphatic carbocycles. The highest BCUT2D eigenvalue weighted by Gasteiger charge is 2.29. The molecule has 4 amide bonds. The Hall–Kier alpha value is -15.0. The number of nitrogens with one attached hydrogen (secondary N) is 4. The van der Waals surface area contributed by atoms with Gasteiger partial charge in [-0.1, -0.05) is 256 Å². The molecule has 0 radical (unpaired) electrons. The molecular weight excluding hydrogens is 1630 g/mol. The third-order valence-electron chi connectivity index (χ3n) is 20.0. The fraction of sp³-hybridized carbons (Fsp3) is 0.348. The van der Waals surface area contributed by atoms with Crippen molar-refractivity contribution in [3.05, 3.63) is 215 Å². The first kappa shape index (κ1) is 81.4. The van der Waals surface area contributed by atoms with Crippen LogP contribution in [-0.4, -0.2) is 123 Å². The van der Waals surface area contributed by atoms with Crippen LogP contribution in [0.25, 0.3) is 67.1 Å². The first-order chi connectivity index (χ1) is 63.1. The molecule has 0 spiro atoms. The van der Waals surface area contributed by atoms with E-state index < -0.39 is 30.9 Å². The van der Waals surface area contributed by atoms with Crippen molar-refractivity contribution in [1.29, 1.82) is 0 Å². The lowest BCUT2D eigenvalue weighted by molar-refractivity contribution is -0.116. The van der Waals surface area contributed by atoms with E-state index in [1.54, 1.807) is 100 Å². The van der Waals surface area contributed by atoms with Gasteiger partial charge in [-0.15, -0.1) is 0 Å². The maximum Gasteiger partial charge on any atom is 0.231 e. The van der Waals surface area contributed by atoms with E-state index >= 15 is 0 Å². The standard InChI is InChI=1S/4C23H27N7O2/c4*1-13(2)22-28-19(20-21(24)25-12-26-30(20)22)15-8-6-14(7-9-15)10-17(31)27-18-11-16(29-32-18)23(3,4)5/h4*6-9,11-13H,10H2,1-5H3,(H,27,31)(H2,24,25,26)/i1D3,13D;13D;10D2;. The van der Waals surface area contributed by atoms with Crippen LogP contribution in [0.15, 0.2) is 165 Å². The van der Waals surface area contributed by atoms with Gasteiger partial charge < -0.3 is 41.0 Å². The quantitative estimate of drug-likeness (QED) is 0.0351. The van der Waals surface area contributed by atoms with Crippen molar-refractivity contribution in [3.8, 4) is 45.0 Å². The van der Waals surface area contributed by atoms with Gasteiger partial charge in [0.25, 0.3) is 0 Å². The molecule has 12 aromatic heterocycles. The minimum absolute atomic E-state index is 0.0771. The average molecular weight is 1740 g/mol. The second kappa shape index (κ2) is 37.0. The van der Waals surface area contributed by atoms with Crippen LogP contribution >= 0.6 is 0 Å². The number of nitrogen functional groups attached to an aromatic ring is 4. The summed E-state index contributed by atoms with van der Waals surface area (Å²) in [6, 6.07) is 35.4. The number of carbonyl (C=O) groups is 4. The summed E-state index contributed by atoms with van der Waals surface area (Å²) in [6.45, 7) is 34.3. The van der Waals surface area contributed by atoms with Gasteiger partial charge in [-0.3, -0.25) is 40.4 Å². The largest absolute Gasteiger partial charge is 0.382 e. The number of amides is 4. The van der Waals surface area contributed by atoms with Crippen molar-refractivity contribution in [2.24, 2.45) is 0 Å². The normalized spacial score (nSPS) is 13.5. The number of hydrogen-bond acceptors (Lipinski definition) is 28. The Balaban J connectivity index is 0.000000153. The Labute approximate surface area is 748 Å². The van der Waals surface area contributed by atoms with E-state index in [0.29, 0.717) is 85.2 Å². The Morgan fingerprint density at radius 2 is 0.594 bits per heavy atom. The summed E-state index contributed by atoms with van der Waals surface area (Å²) in [5, 5.41) is 43.6. The molecule has 0 aliphatic heterocycles. The molecular formula is C92H108N28O8. The molecule has 16 aromatic rings. The van der Waals surface area contributed by atoms with Crippen LogP contribution in [0.5, 0.6) is 0 Å². The van der Waals surface area contributed by atoms with Crippen LogP contribution in [0.2, 0.25) is 0 Å². The highest BCUT2D eigenvalue weighted by molar-refractivity contribution is 5.95. The van der Waals surface area contributed by atoms with Crippen molar-refractivity contribution in [2.45, 2.75) is 209 Å². The molecule has 36 nitrogen and oxygen atoms in total. The number of anilines is 8. The Morgan fingerprint density at radius 1 is 0.359 bits per heavy atom. The Morgan fingerprint density at radius 3 is 0.828 bits per heavy atom. The number of imidazole rings is 4. The van der Waals surface area contributed by atoms with Gasteiger partial charge in [-0.05, 0) is 22.3 Å². The first-order valence-electron chi connectivity index (χ1n) is 44.6. The number of aromatic nitrogens is 20. The minimum atomic E-state index is -2.65. The lowest BCUT2D eigenvalue weighted by atomic mass is 9.92. The molecule has 12 N–H and O–H groups in total. The van der Waals surface area contributed by atoms with Crippen LogP contribution in [0, 0.1) is 0 Å². The lowest BCUT2D eigenvalue weighted by Crippen LogP contribution is -2.14. The molecule has 0 bridgehead atoms. The van der Waals surface area contributed by atoms with Crippen molar-refractivity contribution in [1.82, 2.24) is 99.0 Å². The predicted molar refractivity (Wildman–Crippen MR) is 489 cm³/mol. The van der Waals surface area contributed by atoms with E-state index in [4.69, 9.17) is 60.6 Å². The second-order valence-electron chi connectivity index (χ2n) is 35.5. The number of fused-ring (bicyclic) bond motifs is 4. The highest BCUT2D eigenvalue weighted by atomic mass is 16.5. The zero-order valence-corrected chi connectivity index (χ0v) is 74.7. The zero-order valence-electron chi connectivity index (χ0n) is 81.7. The molecule has 4 aromatic carbocycles. The molecule has 0 fully saturated rings. The van der Waals surface area contributed by atoms with Gasteiger partial charge in [-0.2, -0.15) is 20.4 Å². The number of nitrogens with zero attached hydrogens (tertiary/aromatic N) is 20. The molecule has 16 rings (SSSR count). The van der Waals surface area contributed by atoms with Gasteiger partial charge in [0.1, 0.15) is 93.4 Å². The maximum atomic E-state index is 12.7. The SMILES string of the molecule is CC(C)c1nc(-c2ccc(CC(=O)Nc3cc(C(C)(C)C)no3)cc2)c2c(N)ncnn12.[2H]C(C)(C)c1nc(-c2ccc(CC(=O)Nc3cc(C(C)(C)C)no3)cc2)c2c(N)ncnn12.[2H]C([2H])(C(=O)Nc1cc(C(C)(C)C)no1)c1ccc(-c2nc(C(C)C)n3ncnc(N)c23)cc1.[2H]C([2H])([2H])C([2H])(C)c1nc(-c2ccc(CC(=O)Nc3cc(C(C)(C)C)no3)cc2)c2c(N)ncnn12. The fourth-order valence-corrected chi connectivity index (χ4v) is 13.2. The molecule has 1 unspecified atom stereocenters. The topological polar surface area (TPSA) is 497 Å². The van der Waals surface area contributed by atoms with Gasteiger partial charge in [0.2, 0.25) is 47.2 Å². The van der Waals surface area contributed by atoms with Crippen LogP contribution in [-0.2, 0) is 66.5 Å². The number of nitrogens with two attached hydrogens (primary N) is 4. The molecule has 36 heteroatoms. The van der Waals surface area contributed by atoms with E-state index in [0.717, 1.165) is 62.2 Å². The average Bonchev–Trinajstić information content (AvgIpc) is 1.62. The van der Waals surface area contributed by atoms with Gasteiger partial charge in [-0.25, -0.2) is 57.9 Å². The van der Waals surface area contributed by atoms with Gasteiger partial charge in [0.05, 0.1) is 48.4 Å². The summed E-state index contributed by atoms with van der Waals surface area (Å²) in [5.74, 6) is -0.222. The van der Waals surface area contributed by atoms with Crippen molar-refractivity contribution < 1.29 is 46.9 Å². The number of rotatable bonds is 20. The molecule has 0 saturated carbocycles. The van der Waals surface area contributed by atoms with Crippen LogP contribution in [0.4, 0.5) is 46.8 Å². The molecule has 1 atom stereocenters. The van der Waals surface area contributed by atoms with E-state index in [1.165, 1.54) is 36.7 Å². The number of carbonyl (C=O) groups excluding carboxylic acids is 4. The smallest absolute Gasteiger partial charge is 0.231 e. The maximum absolute atomic E-state index is 12.7. The number of benzene rings is 4. The summed E-state index contributed by atoms with van der Waals surface area (Å²) in [4.78, 5) is 85.0. The summed E-state index contributed by atoms with van der Waals surface area (Å²) in [6.07, 6.45) is 3.52. The summed E-state index contributed by atoms with van der Waals surface area (Å²) in [7, 11) is 0. The Bertz CT molecular complexity index is 7010. The molecule has 128 heavy (non-hydrogen) atoms. The van der Waals surface area contributed by atoms with Crippen LogP contribution in [0.3, 0.4) is 0 Å². The van der Waals surface area contributed by atoms with Gasteiger partial charge in [0, 0.05) is 101 Å². The molecule has 12 heterocycles. The predicted octanol–water partition coefficient (Wildman–Crippen LogP) is 15.9. The van der Waals surface area contributed by atoms with E-state index in [-0.39, 0.29) is 105 Å². The van der Waals surface area contributed by atoms with Gasteiger partial charge in [0.15, 0.2) is 23.3 Å². The third-order valence-corrected chi connectivity index (χ3v) is 20.0. The molecule has 664 valence electrons. The van der Waals surface area contributed by atoms with Crippen molar-refractivity contribution >= 4 is 92.5 Å². The highest BCUT2D eigenvalue weighted by Crippen LogP contribution is 2.37. The third kappa shape index (κ3) is 21.0. The van der Waals surface area contributed by atoms with Crippen LogP contribution < -0.4 is 44.2 Å². The Kier molecular flexibility index (Phi) is 23.5. The molecule has 0 saturated heterocycles. The minimum Gasteiger partial charge on any atom is -0.382 e. The van der Waals surface area contributed by atoms with E-state index in [2.05, 4.69) is 106 Å². The second-order valence-corrected chi connectivity index (χ2v) is 35.5. The first-order valence-corrected chi connectivity index (χ1v) is 41.1. The number of hydrogen-bond donors (Lipinski definition) is 8. The summed E-state index contributed by atoms with van der Waals surface area (Å²) >= 11 is 0. The summed E-state index contributed by atoms with van der Waals surface area (Å²) < 4.78 is 84.1. The monoisotopic (exact) mass is 1740 g/mol. The van der Waals surface area contributed by atoms with E-state index in [1.807, 2.05) is 145 Å².